The summed E-state index contributed by atoms with van der Waals surface area (Å²) in [7, 11) is 0. The van der Waals surface area contributed by atoms with E-state index in [2.05, 4.69) is 214 Å². The summed E-state index contributed by atoms with van der Waals surface area (Å²) in [6, 6.07) is 74.8. The van der Waals surface area contributed by atoms with Crippen LogP contribution in [0.3, 0.4) is 0 Å². The van der Waals surface area contributed by atoms with Crippen molar-refractivity contribution in [1.82, 2.24) is 9.05 Å². The van der Waals surface area contributed by atoms with Crippen LogP contribution in [0.2, 0.25) is 0 Å². The molecule has 59 heavy (non-hydrogen) atoms. The van der Waals surface area contributed by atoms with E-state index in [4.69, 9.17) is 0 Å². The van der Waals surface area contributed by atoms with Gasteiger partial charge in [0.15, 0.2) is 0 Å². The average Bonchev–Trinajstić information content (AvgIpc) is 3.94. The van der Waals surface area contributed by atoms with Crippen LogP contribution in [0, 0.1) is 0 Å². The third kappa shape index (κ3) is 4.03. The zero-order chi connectivity index (χ0) is 38.3. The Bertz CT molecular complexity index is 3580. The normalized spacial score (nSPS) is 14.5. The van der Waals surface area contributed by atoms with Gasteiger partial charge >= 0.3 is 6.85 Å². The molecule has 1 unspecified atom stereocenters. The molecule has 0 saturated heterocycles. The lowest BCUT2D eigenvalue weighted by Crippen LogP contribution is -2.56. The quantitative estimate of drug-likeness (QED) is 0.164. The lowest BCUT2D eigenvalue weighted by molar-refractivity contribution is 1.01. The van der Waals surface area contributed by atoms with Gasteiger partial charge in [0.05, 0.1) is 11.0 Å². The van der Waals surface area contributed by atoms with E-state index in [0.29, 0.717) is 0 Å². The molecule has 1 atom stereocenters. The summed E-state index contributed by atoms with van der Waals surface area (Å²) >= 11 is 0. The number of rotatable bonds is 3. The number of fused-ring (bicyclic) bond motifs is 14. The van der Waals surface area contributed by atoms with Crippen LogP contribution in [0.1, 0.15) is 22.6 Å². The number of anilines is 3. The molecule has 1 aliphatic carbocycles. The number of hydrogen-bond donors (Lipinski definition) is 0. The van der Waals surface area contributed by atoms with Gasteiger partial charge in [-0.3, -0.25) is 0 Å². The molecule has 0 N–H and O–H groups in total. The van der Waals surface area contributed by atoms with Crippen LogP contribution in [-0.2, 0) is 0 Å². The SMILES string of the molecule is c1ccc(C2c3ccccc3-c3cc(N4c5cccc6c5B(c5c4ccc4c5c5ccccc5n4-c4ccccc4)n4c5ccccc5c5cccc-6c54)ccc32)cc1. The van der Waals surface area contributed by atoms with Crippen LogP contribution >= 0.6 is 0 Å². The molecule has 2 aromatic heterocycles. The molecule has 11 aromatic rings. The predicted molar refractivity (Wildman–Crippen MR) is 247 cm³/mol. The Morgan fingerprint density at radius 1 is 0.390 bits per heavy atom. The van der Waals surface area contributed by atoms with Crippen LogP contribution in [0.25, 0.3) is 71.6 Å². The van der Waals surface area contributed by atoms with E-state index in [-0.39, 0.29) is 12.8 Å². The van der Waals surface area contributed by atoms with Gasteiger partial charge in [0.1, 0.15) is 0 Å². The minimum atomic E-state index is -0.0545. The van der Waals surface area contributed by atoms with Gasteiger partial charge in [0.25, 0.3) is 0 Å². The highest BCUT2D eigenvalue weighted by molar-refractivity contribution is 6.92. The molecule has 3 nitrogen and oxygen atoms in total. The lowest BCUT2D eigenvalue weighted by atomic mass is 9.44. The van der Waals surface area contributed by atoms with Crippen LogP contribution in [0.5, 0.6) is 0 Å². The van der Waals surface area contributed by atoms with Gasteiger partial charge in [-0.1, -0.05) is 146 Å². The molecule has 14 rings (SSSR count). The Morgan fingerprint density at radius 3 is 1.93 bits per heavy atom. The topological polar surface area (TPSA) is 13.1 Å². The molecular formula is C55H34BN3. The van der Waals surface area contributed by atoms with Gasteiger partial charge in [0, 0.05) is 66.8 Å². The van der Waals surface area contributed by atoms with E-state index >= 15 is 0 Å². The highest BCUT2D eigenvalue weighted by Crippen LogP contribution is 2.52. The van der Waals surface area contributed by atoms with Crippen molar-refractivity contribution in [3.05, 3.63) is 217 Å². The van der Waals surface area contributed by atoms with E-state index in [1.54, 1.807) is 0 Å². The summed E-state index contributed by atoms with van der Waals surface area (Å²) in [5.74, 6) is 0.198. The molecule has 9 aromatic carbocycles. The molecule has 0 spiro atoms. The van der Waals surface area contributed by atoms with Crippen molar-refractivity contribution in [2.45, 2.75) is 5.92 Å². The van der Waals surface area contributed by atoms with Crippen LogP contribution in [-0.4, -0.2) is 15.9 Å². The van der Waals surface area contributed by atoms with Crippen molar-refractivity contribution in [3.63, 3.8) is 0 Å². The minimum absolute atomic E-state index is 0.0545. The van der Waals surface area contributed by atoms with Gasteiger partial charge in [-0.05, 0) is 98.9 Å². The zero-order valence-electron chi connectivity index (χ0n) is 32.0. The average molecular weight is 748 g/mol. The van der Waals surface area contributed by atoms with Gasteiger partial charge in [0.2, 0.25) is 0 Å². The second-order valence-electron chi connectivity index (χ2n) is 16.3. The van der Waals surface area contributed by atoms with Crippen LogP contribution < -0.4 is 15.8 Å². The predicted octanol–water partition coefficient (Wildman–Crippen LogP) is 12.5. The number of hydrogen-bond acceptors (Lipinski definition) is 1. The molecule has 2 aliphatic heterocycles. The molecule has 0 radical (unpaired) electrons. The Hall–Kier alpha value is -7.56. The molecule has 272 valence electrons. The van der Waals surface area contributed by atoms with E-state index in [0.717, 1.165) is 0 Å². The maximum atomic E-state index is 2.68. The third-order valence-electron chi connectivity index (χ3n) is 13.6. The molecule has 0 amide bonds. The van der Waals surface area contributed by atoms with Crippen molar-refractivity contribution in [2.24, 2.45) is 0 Å². The first kappa shape index (κ1) is 31.5. The van der Waals surface area contributed by atoms with Crippen molar-refractivity contribution in [1.29, 1.82) is 0 Å². The van der Waals surface area contributed by atoms with Gasteiger partial charge < -0.3 is 13.9 Å². The molecule has 4 heteroatoms. The Kier molecular flexibility index (Phi) is 6.16. The summed E-state index contributed by atoms with van der Waals surface area (Å²) < 4.78 is 5.15. The fraction of sp³-hybridized carbons (Fsp3) is 0.0182. The van der Waals surface area contributed by atoms with Gasteiger partial charge in [-0.25, -0.2) is 0 Å². The zero-order valence-corrected chi connectivity index (χ0v) is 32.0. The Morgan fingerprint density at radius 2 is 1.05 bits per heavy atom. The minimum Gasteiger partial charge on any atom is -0.375 e. The molecular weight excluding hydrogens is 713 g/mol. The highest BCUT2D eigenvalue weighted by atomic mass is 15.2. The molecule has 3 aliphatic rings. The second-order valence-corrected chi connectivity index (χ2v) is 16.3. The molecule has 0 saturated carbocycles. The monoisotopic (exact) mass is 747 g/mol. The molecule has 0 fully saturated rings. The lowest BCUT2D eigenvalue weighted by Gasteiger charge is -2.41. The summed E-state index contributed by atoms with van der Waals surface area (Å²) in [5.41, 5.74) is 21.8. The van der Waals surface area contributed by atoms with Crippen LogP contribution in [0.4, 0.5) is 17.1 Å². The number of para-hydroxylation sites is 4. The third-order valence-corrected chi connectivity index (χ3v) is 13.6. The summed E-state index contributed by atoms with van der Waals surface area (Å²) in [6.45, 7) is -0.0545. The standard InChI is InChI=1S/C55H34BN3/c1-3-15-34(16-4-1)51-39-21-8-7-19-37(39)45-33-36(29-30-40(45)51)58-49-28-14-23-41-43-25-13-24-42-38-20-9-12-27-47(38)59(55(42)43)56(53(41)49)54-50(58)32-31-48-52(54)44-22-10-11-26-46(44)57(48)35-17-5-2-6-18-35/h1-33,51H. The maximum Gasteiger partial charge on any atom is 0.333 e. The Balaban J connectivity index is 1.12. The summed E-state index contributed by atoms with van der Waals surface area (Å²) in [5, 5.41) is 5.18. The van der Waals surface area contributed by atoms with E-state index in [9.17, 15) is 0 Å². The van der Waals surface area contributed by atoms with E-state index < -0.39 is 0 Å². The fourth-order valence-corrected chi connectivity index (χ4v) is 11.4. The van der Waals surface area contributed by atoms with Gasteiger partial charge in [-0.2, -0.15) is 0 Å². The summed E-state index contributed by atoms with van der Waals surface area (Å²) in [6.07, 6.45) is 0. The Labute approximate surface area is 341 Å². The van der Waals surface area contributed by atoms with Crippen molar-refractivity contribution >= 4 is 78.4 Å². The van der Waals surface area contributed by atoms with Crippen LogP contribution in [0.15, 0.2) is 200 Å². The molecule has 0 bridgehead atoms. The van der Waals surface area contributed by atoms with E-state index in [1.165, 1.54) is 116 Å². The first-order valence-electron chi connectivity index (χ1n) is 20.7. The largest absolute Gasteiger partial charge is 0.375 e. The number of nitrogens with zero attached hydrogens (tertiary/aromatic N) is 3. The first-order chi connectivity index (χ1) is 29.3. The van der Waals surface area contributed by atoms with E-state index in [1.807, 2.05) is 0 Å². The van der Waals surface area contributed by atoms with Crippen molar-refractivity contribution in [3.8, 4) is 27.9 Å². The number of benzene rings is 9. The van der Waals surface area contributed by atoms with Crippen molar-refractivity contribution < 1.29 is 0 Å². The summed E-state index contributed by atoms with van der Waals surface area (Å²) in [4.78, 5) is 2.58. The highest BCUT2D eigenvalue weighted by Gasteiger charge is 2.44. The maximum absolute atomic E-state index is 2.68. The molecule has 4 heterocycles. The van der Waals surface area contributed by atoms with Gasteiger partial charge in [-0.15, -0.1) is 0 Å². The smallest absolute Gasteiger partial charge is 0.333 e. The fourth-order valence-electron chi connectivity index (χ4n) is 11.4. The number of aromatic nitrogens is 2. The first-order valence-corrected chi connectivity index (χ1v) is 20.7. The van der Waals surface area contributed by atoms with Crippen molar-refractivity contribution in [2.75, 3.05) is 4.90 Å². The second kappa shape index (κ2) is 11.5.